The van der Waals surface area contributed by atoms with Crippen molar-refractivity contribution in [1.82, 2.24) is 0 Å². The molecule has 0 N–H and O–H groups in total. The Balaban J connectivity index is 1.51. The van der Waals surface area contributed by atoms with Gasteiger partial charge in [-0.15, -0.1) is 0 Å². The first-order valence-corrected chi connectivity index (χ1v) is 16.2. The molecule has 6 rings (SSSR count). The van der Waals surface area contributed by atoms with Crippen LogP contribution in [0.3, 0.4) is 0 Å². The highest BCUT2D eigenvalue weighted by atomic mass is 16.5. The van der Waals surface area contributed by atoms with Crippen LogP contribution < -0.4 is 19.6 Å². The number of anilines is 4. The molecule has 0 aliphatic carbocycles. The zero-order valence-electron chi connectivity index (χ0n) is 28.8. The van der Waals surface area contributed by atoms with Crippen molar-refractivity contribution in [3.63, 3.8) is 0 Å². The van der Waals surface area contributed by atoms with Gasteiger partial charge >= 0.3 is 23.8 Å². The Morgan fingerprint density at radius 2 is 0.788 bits per heavy atom. The Labute approximate surface area is 299 Å². The molecule has 0 radical (unpaired) electrons. The second kappa shape index (κ2) is 13.8. The second-order valence-electron chi connectivity index (χ2n) is 12.2. The van der Waals surface area contributed by atoms with E-state index in [4.69, 9.17) is 9.47 Å². The van der Waals surface area contributed by atoms with E-state index in [9.17, 15) is 28.8 Å². The van der Waals surface area contributed by atoms with Gasteiger partial charge in [0.2, 0.25) is 0 Å². The Morgan fingerprint density at radius 1 is 0.500 bits per heavy atom. The van der Waals surface area contributed by atoms with Gasteiger partial charge < -0.3 is 9.47 Å². The van der Waals surface area contributed by atoms with E-state index in [1.54, 1.807) is 97.1 Å². The van der Waals surface area contributed by atoms with E-state index in [-0.39, 0.29) is 22.8 Å². The highest BCUT2D eigenvalue weighted by Gasteiger charge is 2.54. The van der Waals surface area contributed by atoms with Crippen LogP contribution in [0.15, 0.2) is 145 Å². The maximum Gasteiger partial charge on any atom is 0.336 e. The average Bonchev–Trinajstić information content (AvgIpc) is 3.60. The lowest BCUT2D eigenvalue weighted by molar-refractivity contribution is -0.145. The van der Waals surface area contributed by atoms with Crippen molar-refractivity contribution in [1.29, 1.82) is 0 Å². The topological polar surface area (TPSA) is 134 Å². The molecule has 0 spiro atoms. The molecule has 12 heteroatoms. The predicted molar refractivity (Wildman–Crippen MR) is 193 cm³/mol. The van der Waals surface area contributed by atoms with Crippen molar-refractivity contribution in [3.05, 3.63) is 145 Å². The van der Waals surface area contributed by atoms with Crippen LogP contribution in [0.25, 0.3) is 0 Å². The molecule has 0 saturated heterocycles. The minimum Gasteiger partial charge on any atom is -0.467 e. The lowest BCUT2D eigenvalue weighted by atomic mass is 10.0. The first kappa shape index (κ1) is 35.0. The number of hydrogen-bond acceptors (Lipinski definition) is 8. The fourth-order valence-electron chi connectivity index (χ4n) is 6.47. The summed E-state index contributed by atoms with van der Waals surface area (Å²) in [6, 6.07) is 32.7. The number of nitrogens with zero attached hydrogens (tertiary/aromatic N) is 4. The third-order valence-electron chi connectivity index (χ3n) is 8.93. The van der Waals surface area contributed by atoms with E-state index in [0.29, 0.717) is 11.4 Å². The van der Waals surface area contributed by atoms with Crippen LogP contribution in [0.2, 0.25) is 0 Å². The molecule has 2 atom stereocenters. The monoisotopic (exact) mass is 698 g/mol. The number of rotatable bonds is 8. The van der Waals surface area contributed by atoms with E-state index in [0.717, 1.165) is 9.80 Å². The summed E-state index contributed by atoms with van der Waals surface area (Å²) in [5.41, 5.74) is -3.10. The van der Waals surface area contributed by atoms with Crippen LogP contribution in [0.5, 0.6) is 0 Å². The van der Waals surface area contributed by atoms with Crippen molar-refractivity contribution in [2.45, 2.75) is 24.9 Å². The largest absolute Gasteiger partial charge is 0.467 e. The summed E-state index contributed by atoms with van der Waals surface area (Å²) in [6.07, 6.45) is 2.56. The number of esters is 2. The van der Waals surface area contributed by atoms with Gasteiger partial charge in [-0.1, -0.05) is 72.8 Å². The van der Waals surface area contributed by atoms with Crippen molar-refractivity contribution in [2.24, 2.45) is 0 Å². The third kappa shape index (κ3) is 5.79. The number of amides is 4. The number of carbonyl (C=O) groups excluding carboxylic acids is 6. The smallest absolute Gasteiger partial charge is 0.336 e. The van der Waals surface area contributed by atoms with Crippen LogP contribution in [-0.4, -0.2) is 60.9 Å². The quantitative estimate of drug-likeness (QED) is 0.190. The number of hydrogen-bond donors (Lipinski definition) is 0. The van der Waals surface area contributed by atoms with E-state index in [1.807, 2.05) is 0 Å². The van der Waals surface area contributed by atoms with Crippen LogP contribution in [0.4, 0.5) is 22.7 Å². The van der Waals surface area contributed by atoms with Crippen molar-refractivity contribution in [3.8, 4) is 0 Å². The summed E-state index contributed by atoms with van der Waals surface area (Å²) in [6.45, 7) is 2.94. The van der Waals surface area contributed by atoms with Gasteiger partial charge in [-0.25, -0.2) is 9.59 Å². The Bertz CT molecular complexity index is 1970. The first-order chi connectivity index (χ1) is 25.0. The highest BCUT2D eigenvalue weighted by molar-refractivity contribution is 6.48. The van der Waals surface area contributed by atoms with Crippen LogP contribution in [-0.2, 0) is 38.2 Å². The molecule has 0 saturated carbocycles. The Morgan fingerprint density at radius 3 is 1.08 bits per heavy atom. The summed E-state index contributed by atoms with van der Waals surface area (Å²) >= 11 is 0. The van der Waals surface area contributed by atoms with Crippen molar-refractivity contribution >= 4 is 58.3 Å². The van der Waals surface area contributed by atoms with Gasteiger partial charge in [-0.2, -0.15) is 0 Å². The molecule has 2 aliphatic heterocycles. The molecular weight excluding hydrogens is 664 g/mol. The van der Waals surface area contributed by atoms with Gasteiger partial charge in [-0.3, -0.25) is 38.8 Å². The Hall–Kier alpha value is -6.82. The van der Waals surface area contributed by atoms with Gasteiger partial charge in [0.05, 0.1) is 14.2 Å². The van der Waals surface area contributed by atoms with Gasteiger partial charge in [-0.05, 0) is 74.5 Å². The number of benzene rings is 4. The number of ether oxygens (including phenoxy) is 2. The molecule has 4 aromatic carbocycles. The number of methoxy groups -OCH3 is 2. The number of para-hydroxylation sites is 4. The van der Waals surface area contributed by atoms with Gasteiger partial charge in [0.15, 0.2) is 11.1 Å². The molecule has 2 heterocycles. The highest BCUT2D eigenvalue weighted by Crippen LogP contribution is 2.40. The molecule has 12 nitrogen and oxygen atoms in total. The standard InChI is InChI=1S/C40H34N4O8/c1-39(37(49)51-3)25-31(33(45)43(39)29-21-13-7-14-22-29)41(27-17-9-5-10-18-27)35(47)36(48)42(28-19-11-6-12-20-28)32-26-40(2,38(50)52-4)44(34(32)46)30-23-15-8-16-24-30/h5-26H,1-4H3/t39-,40-/m1/s1. The minimum absolute atomic E-state index is 0.132. The molecule has 0 aromatic heterocycles. The number of carbonyl (C=O) groups is 6. The fraction of sp³-hybridized carbons (Fsp3) is 0.150. The fourth-order valence-corrected chi connectivity index (χ4v) is 6.47. The zero-order chi connectivity index (χ0) is 37.2. The third-order valence-corrected chi connectivity index (χ3v) is 8.93. The zero-order valence-corrected chi connectivity index (χ0v) is 28.8. The van der Waals surface area contributed by atoms with Gasteiger partial charge in [0, 0.05) is 22.7 Å². The van der Waals surface area contributed by atoms with E-state index in [2.05, 4.69) is 0 Å². The van der Waals surface area contributed by atoms with Crippen LogP contribution in [0.1, 0.15) is 13.8 Å². The maximum atomic E-state index is 14.8. The van der Waals surface area contributed by atoms with E-state index < -0.39 is 46.6 Å². The molecule has 4 amide bonds. The summed E-state index contributed by atoms with van der Waals surface area (Å²) < 4.78 is 10.2. The summed E-state index contributed by atoms with van der Waals surface area (Å²) in [5.74, 6) is -5.57. The van der Waals surface area contributed by atoms with E-state index >= 15 is 0 Å². The lowest BCUT2D eigenvalue weighted by Crippen LogP contribution is -2.52. The van der Waals surface area contributed by atoms with Gasteiger partial charge in [0.25, 0.3) is 11.8 Å². The predicted octanol–water partition coefficient (Wildman–Crippen LogP) is 4.78. The molecule has 52 heavy (non-hydrogen) atoms. The molecule has 2 aliphatic rings. The molecule has 0 fully saturated rings. The molecule has 4 aromatic rings. The maximum absolute atomic E-state index is 14.8. The lowest BCUT2D eigenvalue weighted by Gasteiger charge is -2.32. The van der Waals surface area contributed by atoms with Crippen LogP contribution in [0, 0.1) is 0 Å². The van der Waals surface area contributed by atoms with E-state index in [1.165, 1.54) is 74.3 Å². The van der Waals surface area contributed by atoms with Crippen molar-refractivity contribution < 1.29 is 38.2 Å². The van der Waals surface area contributed by atoms with Crippen molar-refractivity contribution in [2.75, 3.05) is 33.8 Å². The summed E-state index contributed by atoms with van der Waals surface area (Å²) in [4.78, 5) is 89.4. The summed E-state index contributed by atoms with van der Waals surface area (Å²) in [7, 11) is 2.36. The molecule has 262 valence electrons. The molecule has 0 bridgehead atoms. The second-order valence-corrected chi connectivity index (χ2v) is 12.2. The average molecular weight is 699 g/mol. The SMILES string of the molecule is COC(=O)[C@@]1(C)C=C(N(C(=O)C(=O)N(C2=C[C@](C)(C(=O)OC)N(c3ccccc3)C2=O)c2ccccc2)c2ccccc2)C(=O)N1c1ccccc1. The molecular formula is C40H34N4O8. The first-order valence-electron chi connectivity index (χ1n) is 16.2. The van der Waals surface area contributed by atoms with Gasteiger partial charge in [0.1, 0.15) is 11.4 Å². The summed E-state index contributed by atoms with van der Waals surface area (Å²) in [5, 5.41) is 0. The minimum atomic E-state index is -1.72. The molecule has 0 unspecified atom stereocenters. The normalized spacial score (nSPS) is 19.5. The van der Waals surface area contributed by atoms with Crippen LogP contribution >= 0.6 is 0 Å². The Kier molecular flexibility index (Phi) is 9.31.